The molecule has 34 heavy (non-hydrogen) atoms. The molecule has 3 heterocycles. The molecule has 1 aliphatic carbocycles. The first-order chi connectivity index (χ1) is 16.1. The van der Waals surface area contributed by atoms with Crippen LogP contribution in [-0.4, -0.2) is 57.0 Å². The van der Waals surface area contributed by atoms with E-state index in [1.165, 1.54) is 11.3 Å². The molecule has 0 bridgehead atoms. The van der Waals surface area contributed by atoms with Crippen molar-refractivity contribution >= 4 is 48.5 Å². The van der Waals surface area contributed by atoms with Gasteiger partial charge in [-0.3, -0.25) is 22.5 Å². The summed E-state index contributed by atoms with van der Waals surface area (Å²) in [4.78, 5) is 34.2. The maximum absolute atomic E-state index is 13.4. The maximum atomic E-state index is 13.4. The minimum Gasteiger partial charge on any atom is -0.381 e. The van der Waals surface area contributed by atoms with Crippen molar-refractivity contribution in [1.82, 2.24) is 19.4 Å². The van der Waals surface area contributed by atoms with Crippen LogP contribution < -0.4 is 16.6 Å². The molecule has 0 radical (unpaired) electrons. The molecule has 0 atom stereocenters. The molecule has 2 aromatic heterocycles. The van der Waals surface area contributed by atoms with Gasteiger partial charge in [-0.15, -0.1) is 11.3 Å². The van der Waals surface area contributed by atoms with Gasteiger partial charge in [0.05, 0.1) is 35.6 Å². The average Bonchev–Trinajstić information content (AvgIpc) is 3.31. The Morgan fingerprint density at radius 2 is 2.06 bits per heavy atom. The quantitative estimate of drug-likeness (QED) is 0.270. The lowest BCUT2D eigenvalue weighted by Gasteiger charge is -2.35. The van der Waals surface area contributed by atoms with Gasteiger partial charge in [0.15, 0.2) is 5.96 Å². The van der Waals surface area contributed by atoms with Crippen LogP contribution in [0.5, 0.6) is 0 Å². The number of guanidine groups is 1. The van der Waals surface area contributed by atoms with Crippen molar-refractivity contribution in [3.8, 4) is 0 Å². The number of methoxy groups -OCH3 is 1. The highest BCUT2D eigenvalue weighted by Crippen LogP contribution is 2.35. The first-order valence-corrected chi connectivity index (χ1v) is 14.2. The lowest BCUT2D eigenvalue weighted by Crippen LogP contribution is -2.47. The molecule has 0 spiro atoms. The summed E-state index contributed by atoms with van der Waals surface area (Å²) in [7, 11) is 1.56. The van der Waals surface area contributed by atoms with Crippen molar-refractivity contribution < 1.29 is 17.9 Å². The third-order valence-corrected chi connectivity index (χ3v) is 8.35. The van der Waals surface area contributed by atoms with Gasteiger partial charge in [0.2, 0.25) is 0 Å². The number of aryl methyl sites for hydroxylation is 2. The Kier molecular flexibility index (Phi) is 7.47. The van der Waals surface area contributed by atoms with E-state index < -0.39 is 51.4 Å². The summed E-state index contributed by atoms with van der Waals surface area (Å²) >= 11 is 0.495. The summed E-state index contributed by atoms with van der Waals surface area (Å²) in [6.45, 7) is 2.94. The van der Waals surface area contributed by atoms with Crippen LogP contribution in [0, 0.1) is 10.5 Å². The van der Waals surface area contributed by atoms with Crippen LogP contribution in [0.25, 0.3) is 10.2 Å². The number of aliphatic imine (C=N–C) groups is 1. The number of hydrogen-bond donors (Lipinski definition) is 2. The molecule has 0 unspecified atom stereocenters. The molecule has 0 amide bonds. The van der Waals surface area contributed by atoms with Crippen LogP contribution in [0.3, 0.4) is 0 Å². The van der Waals surface area contributed by atoms with Gasteiger partial charge in [0.25, 0.3) is 5.56 Å². The molecule has 1 fully saturated rings. The van der Waals surface area contributed by atoms with E-state index in [2.05, 4.69) is 10.3 Å². The zero-order valence-electron chi connectivity index (χ0n) is 18.7. The predicted octanol–water partition coefficient (Wildman–Crippen LogP) is 3.29. The van der Waals surface area contributed by atoms with Crippen LogP contribution in [0.15, 0.2) is 14.6 Å². The van der Waals surface area contributed by atoms with Crippen molar-refractivity contribution in [3.63, 3.8) is 0 Å². The van der Waals surface area contributed by atoms with Crippen molar-refractivity contribution in [2.24, 2.45) is 4.99 Å². The van der Waals surface area contributed by atoms with E-state index in [-0.39, 0.29) is 17.0 Å². The summed E-state index contributed by atoms with van der Waals surface area (Å²) in [5.41, 5.74) is -0.463. The van der Waals surface area contributed by atoms with Crippen molar-refractivity contribution in [3.05, 3.63) is 31.3 Å². The first kappa shape index (κ1) is 25.3. The normalized spacial score (nSPS) is 20.6. The Bertz CT molecular complexity index is 1230. The first-order valence-electron chi connectivity index (χ1n) is 10.8. The zero-order chi connectivity index (χ0) is 24.6. The van der Waals surface area contributed by atoms with E-state index in [9.17, 15) is 22.8 Å². The highest BCUT2D eigenvalue weighted by Gasteiger charge is 2.35. The van der Waals surface area contributed by atoms with Gasteiger partial charge >= 0.3 is 11.9 Å². The number of alkyl halides is 4. The standard InChI is InChI=1S/C20H26F3IN6O3S/c1-11-14(9-28-6-4-26-18(28)27-10-24-25)34-17-15(11)16(31)30(12-7-13(8-12)33-2)19(32)29(17)5-3-20(21,22)23/h12-13,25H,3-10H2,1-2H3,(H,26,27). The number of hydrogen-bond acceptors (Lipinski definition) is 8. The number of fused-ring (bicyclic) bond motifs is 1. The summed E-state index contributed by atoms with van der Waals surface area (Å²) in [5, 5.41) is 3.47. The fourth-order valence-corrected chi connectivity index (χ4v) is 6.19. The van der Waals surface area contributed by atoms with Gasteiger partial charge in [-0.05, 0) is 25.3 Å². The van der Waals surface area contributed by atoms with E-state index >= 15 is 0 Å². The largest absolute Gasteiger partial charge is 0.390 e. The number of nitrogens with zero attached hydrogens (tertiary/aromatic N) is 4. The second-order valence-corrected chi connectivity index (χ2v) is 11.0. The summed E-state index contributed by atoms with van der Waals surface area (Å²) in [6, 6.07) is -0.385. The Labute approximate surface area is 207 Å². The molecular formula is C20H26F3IN6O3S. The number of nitrogens with one attached hydrogen (secondary N) is 2. The minimum absolute atomic E-state index is 0.0683. The van der Waals surface area contributed by atoms with Crippen LogP contribution in [0.2, 0.25) is 0 Å². The second-order valence-electron chi connectivity index (χ2n) is 8.36. The Balaban J connectivity index is 1.77. The molecule has 1 saturated carbocycles. The minimum atomic E-state index is -4.42. The molecule has 0 saturated heterocycles. The molecule has 1 aliphatic heterocycles. The molecular weight excluding hydrogens is 588 g/mol. The fraction of sp³-hybridized carbons (Fsp3) is 0.650. The van der Waals surface area contributed by atoms with E-state index in [0.717, 1.165) is 14.0 Å². The summed E-state index contributed by atoms with van der Waals surface area (Å²) < 4.78 is 54.7. The molecule has 2 aromatic rings. The zero-order valence-corrected chi connectivity index (χ0v) is 21.7. The van der Waals surface area contributed by atoms with Gasteiger partial charge in [-0.25, -0.2) is 4.79 Å². The van der Waals surface area contributed by atoms with Crippen molar-refractivity contribution in [1.29, 1.82) is 3.56 Å². The molecule has 4 rings (SSSR count). The monoisotopic (exact) mass is 614 g/mol. The van der Waals surface area contributed by atoms with E-state index in [1.807, 2.05) is 4.90 Å². The molecule has 2 N–H and O–H groups in total. The van der Waals surface area contributed by atoms with Crippen LogP contribution in [0.4, 0.5) is 13.2 Å². The van der Waals surface area contributed by atoms with Gasteiger partial charge in [0, 0.05) is 52.2 Å². The lowest BCUT2D eigenvalue weighted by atomic mass is 9.89. The van der Waals surface area contributed by atoms with Crippen LogP contribution in [0.1, 0.15) is 35.7 Å². The molecule has 188 valence electrons. The smallest absolute Gasteiger partial charge is 0.381 e. The molecule has 9 nitrogen and oxygen atoms in total. The van der Waals surface area contributed by atoms with E-state index in [1.54, 1.807) is 14.0 Å². The Hall–Kier alpha value is -1.81. The average molecular weight is 614 g/mol. The maximum Gasteiger partial charge on any atom is 0.390 e. The Morgan fingerprint density at radius 3 is 2.71 bits per heavy atom. The second kappa shape index (κ2) is 10.0. The van der Waals surface area contributed by atoms with Crippen molar-refractivity contribution in [2.75, 3.05) is 24.8 Å². The topological polar surface area (TPSA) is 105 Å². The summed E-state index contributed by atoms with van der Waals surface area (Å²) in [6.07, 6.45) is -4.69. The van der Waals surface area contributed by atoms with Gasteiger partial charge in [-0.1, -0.05) is 0 Å². The highest BCUT2D eigenvalue weighted by atomic mass is 127. The summed E-state index contributed by atoms with van der Waals surface area (Å²) in [5.74, 6) is 0.691. The molecule has 2 aliphatic rings. The van der Waals surface area contributed by atoms with E-state index in [4.69, 9.17) is 8.30 Å². The number of halogens is 4. The number of aromatic nitrogens is 2. The Morgan fingerprint density at radius 1 is 1.32 bits per heavy atom. The third-order valence-electron chi connectivity index (χ3n) is 6.29. The number of ether oxygens (including phenoxy) is 1. The number of thiophene rings is 1. The fourth-order valence-electron chi connectivity index (χ4n) is 4.33. The lowest BCUT2D eigenvalue weighted by molar-refractivity contribution is -0.136. The van der Waals surface area contributed by atoms with Crippen molar-refractivity contribution in [2.45, 2.75) is 57.6 Å². The molecule has 14 heteroatoms. The molecule has 0 aromatic carbocycles. The van der Waals surface area contributed by atoms with Gasteiger partial charge in [0.1, 0.15) is 4.83 Å². The highest BCUT2D eigenvalue weighted by molar-refractivity contribution is 14.1. The van der Waals surface area contributed by atoms with E-state index in [0.29, 0.717) is 53.9 Å². The van der Waals surface area contributed by atoms with Crippen LogP contribution in [-0.2, 0) is 17.8 Å². The predicted molar refractivity (Wildman–Crippen MR) is 132 cm³/mol. The third kappa shape index (κ3) is 4.94. The van der Waals surface area contributed by atoms with Gasteiger partial charge in [-0.2, -0.15) is 13.2 Å². The SMILES string of the molecule is COC1CC(n2c(=O)c3c(C)c(CN4CCN=C4NCI=N)sc3n(CCC(F)(F)F)c2=O)C1. The van der Waals surface area contributed by atoms with Crippen LogP contribution >= 0.6 is 32.4 Å². The number of rotatable bonds is 8. The van der Waals surface area contributed by atoms with Gasteiger partial charge < -0.3 is 15.0 Å².